The Morgan fingerprint density at radius 2 is 1.64 bits per heavy atom. The van der Waals surface area contributed by atoms with E-state index in [2.05, 4.69) is 48.6 Å². The Hall–Kier alpha value is -1.84. The molecule has 118 valence electrons. The van der Waals surface area contributed by atoms with E-state index in [0.717, 1.165) is 18.6 Å². The molecule has 0 fully saturated rings. The highest BCUT2D eigenvalue weighted by Gasteiger charge is 2.17. The van der Waals surface area contributed by atoms with E-state index < -0.39 is 0 Å². The molecule has 0 aliphatic heterocycles. The van der Waals surface area contributed by atoms with E-state index in [1.165, 1.54) is 11.1 Å². The molecule has 0 aromatic heterocycles. The minimum Gasteiger partial charge on any atom is -0.497 e. The summed E-state index contributed by atoms with van der Waals surface area (Å²) >= 11 is 0. The van der Waals surface area contributed by atoms with E-state index in [9.17, 15) is 5.11 Å². The summed E-state index contributed by atoms with van der Waals surface area (Å²) in [6.07, 6.45) is 1.75. The lowest BCUT2D eigenvalue weighted by atomic mass is 9.96. The molecule has 22 heavy (non-hydrogen) atoms. The second kappa shape index (κ2) is 8.57. The number of aliphatic hydroxyl groups excluding tert-OH is 1. The number of methoxy groups -OCH3 is 1. The summed E-state index contributed by atoms with van der Waals surface area (Å²) < 4.78 is 5.24. The van der Waals surface area contributed by atoms with Gasteiger partial charge in [0, 0.05) is 12.6 Å². The molecule has 2 unspecified atom stereocenters. The second-order valence-electron chi connectivity index (χ2n) is 5.40. The lowest BCUT2D eigenvalue weighted by Gasteiger charge is -2.26. The zero-order chi connectivity index (χ0) is 15.8. The van der Waals surface area contributed by atoms with Gasteiger partial charge in [-0.25, -0.2) is 0 Å². The van der Waals surface area contributed by atoms with Gasteiger partial charge in [-0.3, -0.25) is 0 Å². The molecule has 3 heteroatoms. The van der Waals surface area contributed by atoms with Gasteiger partial charge < -0.3 is 15.2 Å². The van der Waals surface area contributed by atoms with Crippen molar-refractivity contribution in [1.29, 1.82) is 0 Å². The van der Waals surface area contributed by atoms with Crippen LogP contribution in [0.5, 0.6) is 5.75 Å². The first kappa shape index (κ1) is 16.5. The van der Waals surface area contributed by atoms with Gasteiger partial charge in [-0.05, 0) is 36.1 Å². The highest BCUT2D eigenvalue weighted by molar-refractivity contribution is 5.35. The van der Waals surface area contributed by atoms with E-state index in [0.29, 0.717) is 0 Å². The molecule has 2 atom stereocenters. The Morgan fingerprint density at radius 1 is 1.00 bits per heavy atom. The minimum atomic E-state index is 0.114. The third kappa shape index (κ3) is 4.33. The van der Waals surface area contributed by atoms with Crippen LogP contribution in [0.15, 0.2) is 54.6 Å². The predicted molar refractivity (Wildman–Crippen MR) is 90.2 cm³/mol. The molecule has 0 radical (unpaired) electrons. The summed E-state index contributed by atoms with van der Waals surface area (Å²) in [5, 5.41) is 12.9. The molecule has 0 saturated carbocycles. The van der Waals surface area contributed by atoms with E-state index in [1.807, 2.05) is 18.2 Å². The van der Waals surface area contributed by atoms with Crippen LogP contribution in [0.4, 0.5) is 0 Å². The fourth-order valence-corrected chi connectivity index (χ4v) is 2.62. The van der Waals surface area contributed by atoms with Crippen molar-refractivity contribution in [3.05, 3.63) is 65.7 Å². The molecule has 0 spiro atoms. The molecule has 0 saturated heterocycles. The maximum absolute atomic E-state index is 9.23. The highest BCUT2D eigenvalue weighted by atomic mass is 16.5. The van der Waals surface area contributed by atoms with Crippen molar-refractivity contribution in [2.45, 2.75) is 31.8 Å². The molecule has 0 amide bonds. The van der Waals surface area contributed by atoms with Gasteiger partial charge in [0.2, 0.25) is 0 Å². The summed E-state index contributed by atoms with van der Waals surface area (Å²) in [5.74, 6) is 0.859. The molecule has 0 heterocycles. The van der Waals surface area contributed by atoms with Crippen LogP contribution >= 0.6 is 0 Å². The SMILES string of the molecule is CCC(CCO)NC(c1ccccc1)c1ccc(OC)cc1. The van der Waals surface area contributed by atoms with Gasteiger partial charge >= 0.3 is 0 Å². The van der Waals surface area contributed by atoms with Gasteiger partial charge in [0.05, 0.1) is 13.2 Å². The van der Waals surface area contributed by atoms with Crippen molar-refractivity contribution in [2.24, 2.45) is 0 Å². The van der Waals surface area contributed by atoms with Gasteiger partial charge in [0.25, 0.3) is 0 Å². The van der Waals surface area contributed by atoms with Crippen molar-refractivity contribution < 1.29 is 9.84 Å². The van der Waals surface area contributed by atoms with Crippen LogP contribution in [0.3, 0.4) is 0 Å². The summed E-state index contributed by atoms with van der Waals surface area (Å²) in [7, 11) is 1.68. The quantitative estimate of drug-likeness (QED) is 0.783. The Bertz CT molecular complexity index is 539. The molecule has 0 bridgehead atoms. The number of rotatable bonds is 8. The molecule has 2 N–H and O–H groups in total. The monoisotopic (exact) mass is 299 g/mol. The third-order valence-electron chi connectivity index (χ3n) is 3.95. The fourth-order valence-electron chi connectivity index (χ4n) is 2.62. The number of ether oxygens (including phenoxy) is 1. The van der Waals surface area contributed by atoms with E-state index in [4.69, 9.17) is 4.74 Å². The topological polar surface area (TPSA) is 41.5 Å². The Balaban J connectivity index is 2.28. The first-order valence-corrected chi connectivity index (χ1v) is 7.84. The van der Waals surface area contributed by atoms with Crippen molar-refractivity contribution in [1.82, 2.24) is 5.32 Å². The van der Waals surface area contributed by atoms with Crippen LogP contribution in [0, 0.1) is 0 Å². The Morgan fingerprint density at radius 3 is 2.18 bits per heavy atom. The maximum atomic E-state index is 9.23. The normalized spacial score (nSPS) is 13.6. The lowest BCUT2D eigenvalue weighted by molar-refractivity contribution is 0.258. The lowest BCUT2D eigenvalue weighted by Crippen LogP contribution is -2.33. The van der Waals surface area contributed by atoms with Crippen LogP contribution < -0.4 is 10.1 Å². The van der Waals surface area contributed by atoms with Crippen LogP contribution in [0.2, 0.25) is 0 Å². The average molecular weight is 299 g/mol. The first-order chi connectivity index (χ1) is 10.8. The largest absolute Gasteiger partial charge is 0.497 e. The van der Waals surface area contributed by atoms with Gasteiger partial charge in [0.15, 0.2) is 0 Å². The van der Waals surface area contributed by atoms with Crippen LogP contribution in [-0.2, 0) is 0 Å². The maximum Gasteiger partial charge on any atom is 0.118 e. The fraction of sp³-hybridized carbons (Fsp3) is 0.368. The van der Waals surface area contributed by atoms with Crippen molar-refractivity contribution >= 4 is 0 Å². The molecule has 0 aliphatic rings. The Labute approximate surface area is 133 Å². The van der Waals surface area contributed by atoms with Crippen LogP contribution in [0.25, 0.3) is 0 Å². The number of nitrogens with one attached hydrogen (secondary N) is 1. The van der Waals surface area contributed by atoms with Crippen LogP contribution in [-0.4, -0.2) is 24.9 Å². The molecule has 3 nitrogen and oxygen atoms in total. The number of aliphatic hydroxyl groups is 1. The first-order valence-electron chi connectivity index (χ1n) is 7.84. The molecule has 2 aromatic carbocycles. The zero-order valence-corrected chi connectivity index (χ0v) is 13.3. The van der Waals surface area contributed by atoms with Crippen LogP contribution in [0.1, 0.15) is 36.9 Å². The molecule has 0 aliphatic carbocycles. The smallest absolute Gasteiger partial charge is 0.118 e. The Kier molecular flexibility index (Phi) is 6.44. The van der Waals surface area contributed by atoms with Gasteiger partial charge in [0.1, 0.15) is 5.75 Å². The predicted octanol–water partition coefficient (Wildman–Crippen LogP) is 3.54. The molecular weight excluding hydrogens is 274 g/mol. The standard InChI is InChI=1S/C19H25NO2/c1-3-17(13-14-21)20-19(15-7-5-4-6-8-15)16-9-11-18(22-2)12-10-16/h4-12,17,19-21H,3,13-14H2,1-2H3. The number of hydrogen-bond acceptors (Lipinski definition) is 3. The summed E-state index contributed by atoms with van der Waals surface area (Å²) in [6.45, 7) is 2.35. The van der Waals surface area contributed by atoms with Crippen molar-refractivity contribution in [3.63, 3.8) is 0 Å². The molecule has 2 rings (SSSR count). The van der Waals surface area contributed by atoms with E-state index in [-0.39, 0.29) is 18.7 Å². The molecule has 2 aromatic rings. The van der Waals surface area contributed by atoms with E-state index in [1.54, 1.807) is 7.11 Å². The molecular formula is C19H25NO2. The average Bonchev–Trinajstić information content (AvgIpc) is 2.59. The van der Waals surface area contributed by atoms with Crippen molar-refractivity contribution in [2.75, 3.05) is 13.7 Å². The van der Waals surface area contributed by atoms with Gasteiger partial charge in [-0.15, -0.1) is 0 Å². The number of hydrogen-bond donors (Lipinski definition) is 2. The second-order valence-corrected chi connectivity index (χ2v) is 5.40. The minimum absolute atomic E-state index is 0.114. The zero-order valence-electron chi connectivity index (χ0n) is 13.3. The third-order valence-corrected chi connectivity index (χ3v) is 3.95. The van der Waals surface area contributed by atoms with Crippen molar-refractivity contribution in [3.8, 4) is 5.75 Å². The summed E-state index contributed by atoms with van der Waals surface area (Å²) in [5.41, 5.74) is 2.42. The highest BCUT2D eigenvalue weighted by Crippen LogP contribution is 2.25. The summed E-state index contributed by atoms with van der Waals surface area (Å²) in [4.78, 5) is 0. The number of benzene rings is 2. The summed E-state index contributed by atoms with van der Waals surface area (Å²) in [6, 6.07) is 19.0. The van der Waals surface area contributed by atoms with Gasteiger partial charge in [-0.2, -0.15) is 0 Å². The van der Waals surface area contributed by atoms with E-state index >= 15 is 0 Å². The van der Waals surface area contributed by atoms with Gasteiger partial charge in [-0.1, -0.05) is 49.4 Å².